The zero-order valence-corrected chi connectivity index (χ0v) is 19.7. The molecule has 0 bridgehead atoms. The van der Waals surface area contributed by atoms with E-state index in [-0.39, 0.29) is 47.4 Å². The SMILES string of the molecule is CSc1nc(N)nc(N[C@@H](CCCNS(C)(=O)=O)C(=O)Nc2cccc(C(F)(F)F)c2)c1C#N. The Morgan fingerprint density at radius 2 is 2.03 bits per heavy atom. The summed E-state index contributed by atoms with van der Waals surface area (Å²) in [4.78, 5) is 20.9. The van der Waals surface area contributed by atoms with Crippen LogP contribution in [0.2, 0.25) is 0 Å². The number of carbonyl (C=O) groups excluding carboxylic acids is 1. The van der Waals surface area contributed by atoms with E-state index in [1.807, 2.05) is 6.07 Å². The van der Waals surface area contributed by atoms with Crippen LogP contribution in [0, 0.1) is 11.3 Å². The van der Waals surface area contributed by atoms with Crippen LogP contribution in [0.1, 0.15) is 24.0 Å². The number of carbonyl (C=O) groups is 1. The normalized spacial score (nSPS) is 12.6. The van der Waals surface area contributed by atoms with Crippen molar-refractivity contribution in [2.45, 2.75) is 30.1 Å². The predicted octanol–water partition coefficient (Wildman–Crippen LogP) is 2.42. The zero-order valence-electron chi connectivity index (χ0n) is 18.1. The fraction of sp³-hybridized carbons (Fsp3) is 0.368. The van der Waals surface area contributed by atoms with Crippen molar-refractivity contribution >= 4 is 45.1 Å². The number of amides is 1. The van der Waals surface area contributed by atoms with E-state index >= 15 is 0 Å². The Morgan fingerprint density at radius 1 is 1.32 bits per heavy atom. The van der Waals surface area contributed by atoms with Gasteiger partial charge in [0.15, 0.2) is 5.82 Å². The molecule has 0 aliphatic rings. The molecule has 0 radical (unpaired) electrons. The summed E-state index contributed by atoms with van der Waals surface area (Å²) in [5, 5.41) is 15.0. The maximum Gasteiger partial charge on any atom is 0.416 e. The average Bonchev–Trinajstić information content (AvgIpc) is 2.74. The van der Waals surface area contributed by atoms with Gasteiger partial charge >= 0.3 is 6.18 Å². The molecule has 0 spiro atoms. The number of hydrogen-bond acceptors (Lipinski definition) is 9. The van der Waals surface area contributed by atoms with Crippen molar-refractivity contribution in [3.63, 3.8) is 0 Å². The number of rotatable bonds is 10. The van der Waals surface area contributed by atoms with Crippen LogP contribution in [0.5, 0.6) is 0 Å². The van der Waals surface area contributed by atoms with Crippen LogP contribution in [0.25, 0.3) is 0 Å². The molecule has 0 saturated carbocycles. The van der Waals surface area contributed by atoms with Gasteiger partial charge in [-0.15, -0.1) is 11.8 Å². The lowest BCUT2D eigenvalue weighted by atomic mass is 10.1. The van der Waals surface area contributed by atoms with E-state index in [2.05, 4.69) is 25.3 Å². The van der Waals surface area contributed by atoms with Gasteiger partial charge in [0.2, 0.25) is 21.9 Å². The molecule has 34 heavy (non-hydrogen) atoms. The molecule has 0 unspecified atom stereocenters. The number of aromatic nitrogens is 2. The standard InChI is InChI=1S/C19H22F3N7O3S2/c1-33-17-13(10-23)15(28-18(24)29-17)27-14(7-4-8-25-34(2,31)32)16(30)26-12-6-3-5-11(9-12)19(20,21)22/h3,5-6,9,14,25H,4,7-8H2,1-2H3,(H,26,30)(H3,24,27,28,29)/t14-/m0/s1. The number of thioether (sulfide) groups is 1. The van der Waals surface area contributed by atoms with Crippen molar-refractivity contribution in [3.05, 3.63) is 35.4 Å². The van der Waals surface area contributed by atoms with Gasteiger partial charge in [-0.2, -0.15) is 23.4 Å². The Kier molecular flexibility index (Phi) is 9.07. The molecule has 0 aliphatic carbocycles. The second-order valence-electron chi connectivity index (χ2n) is 7.00. The first-order valence-corrected chi connectivity index (χ1v) is 12.8. The molecule has 2 rings (SSSR count). The molecule has 1 aromatic heterocycles. The summed E-state index contributed by atoms with van der Waals surface area (Å²) < 4.78 is 63.9. The number of nitriles is 1. The van der Waals surface area contributed by atoms with E-state index in [0.29, 0.717) is 0 Å². The number of alkyl halides is 3. The number of halogens is 3. The second kappa shape index (κ2) is 11.4. The van der Waals surface area contributed by atoms with Crippen molar-refractivity contribution in [1.82, 2.24) is 14.7 Å². The van der Waals surface area contributed by atoms with Crippen LogP contribution in [0.4, 0.5) is 30.6 Å². The average molecular weight is 518 g/mol. The highest BCUT2D eigenvalue weighted by Crippen LogP contribution is 2.31. The summed E-state index contributed by atoms with van der Waals surface area (Å²) in [6, 6.07) is 4.95. The molecule has 1 amide bonds. The predicted molar refractivity (Wildman–Crippen MR) is 123 cm³/mol. The number of hydrogen-bond donors (Lipinski definition) is 4. The topological polar surface area (TPSA) is 163 Å². The molecule has 0 fully saturated rings. The van der Waals surface area contributed by atoms with Gasteiger partial charge in [0.25, 0.3) is 0 Å². The van der Waals surface area contributed by atoms with Crippen LogP contribution < -0.4 is 21.1 Å². The maximum atomic E-state index is 13.0. The molecule has 5 N–H and O–H groups in total. The Balaban J connectivity index is 2.30. The minimum Gasteiger partial charge on any atom is -0.368 e. The molecule has 2 aromatic rings. The highest BCUT2D eigenvalue weighted by atomic mass is 32.2. The number of nitrogens with two attached hydrogens (primary N) is 1. The zero-order chi connectivity index (χ0) is 25.5. The van der Waals surface area contributed by atoms with Crippen molar-refractivity contribution < 1.29 is 26.4 Å². The van der Waals surface area contributed by atoms with Gasteiger partial charge in [0, 0.05) is 12.2 Å². The number of nitrogen functional groups attached to an aromatic ring is 1. The van der Waals surface area contributed by atoms with Gasteiger partial charge in [0.1, 0.15) is 22.7 Å². The summed E-state index contributed by atoms with van der Waals surface area (Å²) in [5.41, 5.74) is 4.70. The molecule has 1 atom stereocenters. The van der Waals surface area contributed by atoms with E-state index < -0.39 is 33.7 Å². The minimum atomic E-state index is -4.59. The smallest absolute Gasteiger partial charge is 0.368 e. The second-order valence-corrected chi connectivity index (χ2v) is 9.63. The molecule has 0 saturated heterocycles. The molecule has 0 aliphatic heterocycles. The highest BCUT2D eigenvalue weighted by Gasteiger charge is 2.31. The summed E-state index contributed by atoms with van der Waals surface area (Å²) in [5.74, 6) is -0.897. The van der Waals surface area contributed by atoms with E-state index in [0.717, 1.165) is 36.2 Å². The molecule has 15 heteroatoms. The third kappa shape index (κ3) is 8.04. The van der Waals surface area contributed by atoms with Crippen molar-refractivity contribution in [2.24, 2.45) is 0 Å². The van der Waals surface area contributed by atoms with Crippen LogP contribution >= 0.6 is 11.8 Å². The Hall–Kier alpha value is -3.09. The number of nitrogens with one attached hydrogen (secondary N) is 3. The molecular weight excluding hydrogens is 495 g/mol. The van der Waals surface area contributed by atoms with Crippen LogP contribution in [0.15, 0.2) is 29.3 Å². The van der Waals surface area contributed by atoms with E-state index in [1.54, 1.807) is 6.26 Å². The highest BCUT2D eigenvalue weighted by molar-refractivity contribution is 7.98. The number of anilines is 3. The van der Waals surface area contributed by atoms with Gasteiger partial charge in [0.05, 0.1) is 11.8 Å². The van der Waals surface area contributed by atoms with Crippen molar-refractivity contribution in [1.29, 1.82) is 5.26 Å². The lowest BCUT2D eigenvalue weighted by Gasteiger charge is -2.20. The fourth-order valence-corrected chi connectivity index (χ4v) is 3.86. The Morgan fingerprint density at radius 3 is 2.62 bits per heavy atom. The van der Waals surface area contributed by atoms with Crippen LogP contribution in [-0.2, 0) is 21.0 Å². The van der Waals surface area contributed by atoms with Gasteiger partial charge in [-0.05, 0) is 37.3 Å². The van der Waals surface area contributed by atoms with Gasteiger partial charge in [-0.3, -0.25) is 4.79 Å². The van der Waals surface area contributed by atoms with Gasteiger partial charge < -0.3 is 16.4 Å². The molecular formula is C19H22F3N7O3S2. The third-order valence-corrected chi connectivity index (χ3v) is 5.73. The van der Waals surface area contributed by atoms with E-state index in [4.69, 9.17) is 5.73 Å². The molecule has 184 valence electrons. The first kappa shape index (κ1) is 27.2. The first-order valence-electron chi connectivity index (χ1n) is 9.65. The first-order chi connectivity index (χ1) is 15.8. The van der Waals surface area contributed by atoms with Crippen LogP contribution in [-0.4, -0.2) is 49.4 Å². The lowest BCUT2D eigenvalue weighted by molar-refractivity contribution is -0.137. The summed E-state index contributed by atoms with van der Waals surface area (Å²) in [6.45, 7) is 0.0148. The molecule has 10 nitrogen and oxygen atoms in total. The molecule has 1 aromatic carbocycles. The summed E-state index contributed by atoms with van der Waals surface area (Å²) >= 11 is 1.14. The number of benzene rings is 1. The van der Waals surface area contributed by atoms with Crippen molar-refractivity contribution in [3.8, 4) is 6.07 Å². The van der Waals surface area contributed by atoms with Crippen LogP contribution in [0.3, 0.4) is 0 Å². The van der Waals surface area contributed by atoms with E-state index in [9.17, 15) is 31.6 Å². The largest absolute Gasteiger partial charge is 0.416 e. The number of nitrogens with zero attached hydrogens (tertiary/aromatic N) is 3. The number of sulfonamides is 1. The van der Waals surface area contributed by atoms with Gasteiger partial charge in [-0.1, -0.05) is 6.07 Å². The third-order valence-electron chi connectivity index (χ3n) is 4.32. The maximum absolute atomic E-state index is 13.0. The monoisotopic (exact) mass is 517 g/mol. The van der Waals surface area contributed by atoms with E-state index in [1.165, 1.54) is 6.07 Å². The Bertz CT molecular complexity index is 1180. The minimum absolute atomic E-state index is 0.0148. The molecule has 1 heterocycles. The van der Waals surface area contributed by atoms with Gasteiger partial charge in [-0.25, -0.2) is 18.1 Å². The summed E-state index contributed by atoms with van der Waals surface area (Å²) in [7, 11) is -3.45. The Labute approximate surface area is 198 Å². The summed E-state index contributed by atoms with van der Waals surface area (Å²) in [6.07, 6.45) is -1.70. The fourth-order valence-electron chi connectivity index (χ4n) is 2.81. The van der Waals surface area contributed by atoms with Crippen molar-refractivity contribution in [2.75, 3.05) is 35.4 Å². The lowest BCUT2D eigenvalue weighted by Crippen LogP contribution is -2.36. The quantitative estimate of drug-likeness (QED) is 0.211.